The molecule has 0 aliphatic carbocycles. The van der Waals surface area contributed by atoms with Crippen LogP contribution in [0.15, 0.2) is 39.7 Å². The van der Waals surface area contributed by atoms with Crippen molar-refractivity contribution >= 4 is 15.9 Å². The van der Waals surface area contributed by atoms with Crippen molar-refractivity contribution in [2.24, 2.45) is 0 Å². The third-order valence-corrected chi connectivity index (χ3v) is 3.14. The molecule has 76 valence electrons. The molecule has 1 N–H and O–H groups in total. The Balaban J connectivity index is 2.05. The Morgan fingerprint density at radius 1 is 1.47 bits per heavy atom. The minimum Gasteiger partial charge on any atom is -0.446 e. The SMILES string of the molecule is Brc1ccc2c(c1)CNC2c1cnco1. The van der Waals surface area contributed by atoms with E-state index >= 15 is 0 Å². The second kappa shape index (κ2) is 3.47. The molecule has 2 heterocycles. The van der Waals surface area contributed by atoms with Gasteiger partial charge < -0.3 is 4.42 Å². The molecule has 1 aromatic heterocycles. The van der Waals surface area contributed by atoms with E-state index in [0.29, 0.717) is 0 Å². The van der Waals surface area contributed by atoms with Crippen molar-refractivity contribution in [2.45, 2.75) is 12.6 Å². The number of halogens is 1. The fourth-order valence-corrected chi connectivity index (χ4v) is 2.36. The smallest absolute Gasteiger partial charge is 0.180 e. The minimum absolute atomic E-state index is 0.149. The summed E-state index contributed by atoms with van der Waals surface area (Å²) in [5.74, 6) is 0.871. The lowest BCUT2D eigenvalue weighted by Gasteiger charge is -2.07. The number of oxazole rings is 1. The maximum atomic E-state index is 5.32. The summed E-state index contributed by atoms with van der Waals surface area (Å²) < 4.78 is 6.43. The second-order valence-corrected chi connectivity index (χ2v) is 4.48. The van der Waals surface area contributed by atoms with Gasteiger partial charge in [-0.25, -0.2) is 4.98 Å². The summed E-state index contributed by atoms with van der Waals surface area (Å²) in [5.41, 5.74) is 2.58. The minimum atomic E-state index is 0.149. The van der Waals surface area contributed by atoms with Gasteiger partial charge in [0, 0.05) is 11.0 Å². The first kappa shape index (κ1) is 9.12. The van der Waals surface area contributed by atoms with Crippen LogP contribution in [0.25, 0.3) is 0 Å². The van der Waals surface area contributed by atoms with E-state index in [-0.39, 0.29) is 6.04 Å². The van der Waals surface area contributed by atoms with Crippen LogP contribution in [0.1, 0.15) is 22.9 Å². The van der Waals surface area contributed by atoms with Gasteiger partial charge in [0.15, 0.2) is 6.39 Å². The summed E-state index contributed by atoms with van der Waals surface area (Å²) in [6.45, 7) is 0.875. The molecule has 1 unspecified atom stereocenters. The highest BCUT2D eigenvalue weighted by Gasteiger charge is 2.25. The number of nitrogens with zero attached hydrogens (tertiary/aromatic N) is 1. The molecule has 4 heteroatoms. The van der Waals surface area contributed by atoms with E-state index in [1.165, 1.54) is 17.5 Å². The summed E-state index contributed by atoms with van der Waals surface area (Å²) in [6, 6.07) is 6.45. The Kier molecular flexibility index (Phi) is 2.11. The molecule has 15 heavy (non-hydrogen) atoms. The largest absolute Gasteiger partial charge is 0.446 e. The zero-order valence-electron chi connectivity index (χ0n) is 7.90. The van der Waals surface area contributed by atoms with E-state index in [4.69, 9.17) is 4.42 Å². The first-order valence-electron chi connectivity index (χ1n) is 4.75. The van der Waals surface area contributed by atoms with Crippen LogP contribution in [0, 0.1) is 0 Å². The Morgan fingerprint density at radius 2 is 2.40 bits per heavy atom. The Labute approximate surface area is 95.6 Å². The quantitative estimate of drug-likeness (QED) is 0.861. The highest BCUT2D eigenvalue weighted by Crippen LogP contribution is 2.32. The van der Waals surface area contributed by atoms with Gasteiger partial charge in [-0.15, -0.1) is 0 Å². The molecular formula is C11H9BrN2O. The molecule has 0 saturated carbocycles. The van der Waals surface area contributed by atoms with Crippen LogP contribution in [-0.2, 0) is 6.54 Å². The average molecular weight is 265 g/mol. The molecular weight excluding hydrogens is 256 g/mol. The normalized spacial score (nSPS) is 19.1. The number of hydrogen-bond acceptors (Lipinski definition) is 3. The van der Waals surface area contributed by atoms with Crippen LogP contribution < -0.4 is 5.32 Å². The average Bonchev–Trinajstić information content (AvgIpc) is 2.82. The number of fused-ring (bicyclic) bond motifs is 1. The van der Waals surface area contributed by atoms with Gasteiger partial charge in [-0.05, 0) is 23.3 Å². The molecule has 0 amide bonds. The van der Waals surface area contributed by atoms with Crippen molar-refractivity contribution in [1.29, 1.82) is 0 Å². The first-order valence-corrected chi connectivity index (χ1v) is 5.54. The monoisotopic (exact) mass is 264 g/mol. The Morgan fingerprint density at radius 3 is 3.20 bits per heavy atom. The van der Waals surface area contributed by atoms with Crippen molar-refractivity contribution in [3.8, 4) is 0 Å². The lowest BCUT2D eigenvalue weighted by atomic mass is 10.0. The van der Waals surface area contributed by atoms with Gasteiger partial charge in [0.1, 0.15) is 5.76 Å². The van der Waals surface area contributed by atoms with E-state index in [9.17, 15) is 0 Å². The van der Waals surface area contributed by atoms with Crippen molar-refractivity contribution in [1.82, 2.24) is 10.3 Å². The topological polar surface area (TPSA) is 38.1 Å². The van der Waals surface area contributed by atoms with Gasteiger partial charge in [-0.1, -0.05) is 22.0 Å². The van der Waals surface area contributed by atoms with Crippen LogP contribution >= 0.6 is 15.9 Å². The summed E-state index contributed by atoms with van der Waals surface area (Å²) in [4.78, 5) is 3.94. The molecule has 1 aliphatic heterocycles. The van der Waals surface area contributed by atoms with Crippen molar-refractivity contribution < 1.29 is 4.42 Å². The number of aromatic nitrogens is 1. The summed E-state index contributed by atoms with van der Waals surface area (Å²) in [6.07, 6.45) is 3.22. The third-order valence-electron chi connectivity index (χ3n) is 2.65. The van der Waals surface area contributed by atoms with Gasteiger partial charge in [-0.2, -0.15) is 0 Å². The Hall–Kier alpha value is -1.13. The summed E-state index contributed by atoms with van der Waals surface area (Å²) in [7, 11) is 0. The molecule has 2 aromatic rings. The zero-order chi connectivity index (χ0) is 10.3. The molecule has 3 rings (SSSR count). The van der Waals surface area contributed by atoms with Gasteiger partial charge in [0.05, 0.1) is 12.2 Å². The molecule has 3 nitrogen and oxygen atoms in total. The van der Waals surface area contributed by atoms with Gasteiger partial charge in [-0.3, -0.25) is 5.32 Å². The van der Waals surface area contributed by atoms with Crippen LogP contribution in [0.4, 0.5) is 0 Å². The first-order chi connectivity index (χ1) is 7.34. The predicted octanol–water partition coefficient (Wildman–Crippen LogP) is 2.63. The third kappa shape index (κ3) is 1.50. The van der Waals surface area contributed by atoms with E-state index in [2.05, 4.69) is 44.4 Å². The maximum Gasteiger partial charge on any atom is 0.180 e. The van der Waals surface area contributed by atoms with Crippen LogP contribution in [0.3, 0.4) is 0 Å². The molecule has 1 aliphatic rings. The zero-order valence-corrected chi connectivity index (χ0v) is 9.49. The van der Waals surface area contributed by atoms with Crippen molar-refractivity contribution in [2.75, 3.05) is 0 Å². The van der Waals surface area contributed by atoms with Gasteiger partial charge in [0.2, 0.25) is 0 Å². The van der Waals surface area contributed by atoms with E-state index in [1.54, 1.807) is 6.20 Å². The fraction of sp³-hybridized carbons (Fsp3) is 0.182. The van der Waals surface area contributed by atoms with Crippen LogP contribution in [-0.4, -0.2) is 4.98 Å². The molecule has 0 spiro atoms. The van der Waals surface area contributed by atoms with Crippen molar-refractivity contribution in [3.63, 3.8) is 0 Å². The summed E-state index contributed by atoms with van der Waals surface area (Å²) in [5, 5.41) is 3.40. The van der Waals surface area contributed by atoms with Crippen LogP contribution in [0.5, 0.6) is 0 Å². The standard InChI is InChI=1S/C11H9BrN2O/c12-8-1-2-9-7(3-8)4-14-11(9)10-5-13-6-15-10/h1-3,5-6,11,14H,4H2. The number of rotatable bonds is 1. The predicted molar refractivity (Wildman–Crippen MR) is 59.3 cm³/mol. The van der Waals surface area contributed by atoms with Gasteiger partial charge >= 0.3 is 0 Å². The maximum absolute atomic E-state index is 5.32. The van der Waals surface area contributed by atoms with E-state index in [1.807, 2.05) is 0 Å². The highest BCUT2D eigenvalue weighted by atomic mass is 79.9. The van der Waals surface area contributed by atoms with Crippen molar-refractivity contribution in [3.05, 3.63) is 52.1 Å². The summed E-state index contributed by atoms with van der Waals surface area (Å²) >= 11 is 3.47. The number of hydrogen-bond donors (Lipinski definition) is 1. The highest BCUT2D eigenvalue weighted by molar-refractivity contribution is 9.10. The molecule has 0 bridgehead atoms. The molecule has 0 fully saturated rings. The Bertz CT molecular complexity index is 481. The second-order valence-electron chi connectivity index (χ2n) is 3.56. The van der Waals surface area contributed by atoms with Crippen LogP contribution in [0.2, 0.25) is 0 Å². The molecule has 1 atom stereocenters. The van der Waals surface area contributed by atoms with E-state index < -0.39 is 0 Å². The van der Waals surface area contributed by atoms with Gasteiger partial charge in [0.25, 0.3) is 0 Å². The van der Waals surface area contributed by atoms with E-state index in [0.717, 1.165) is 16.8 Å². The molecule has 1 aromatic carbocycles. The lowest BCUT2D eigenvalue weighted by molar-refractivity contribution is 0.459. The lowest BCUT2D eigenvalue weighted by Crippen LogP contribution is -2.12. The number of benzene rings is 1. The fourth-order valence-electron chi connectivity index (χ4n) is 1.95. The number of nitrogens with one attached hydrogen (secondary N) is 1. The molecule has 0 radical (unpaired) electrons. The molecule has 0 saturated heterocycles.